The molecule has 3 aromatic rings. The van der Waals surface area contributed by atoms with Crippen molar-refractivity contribution in [1.29, 1.82) is 0 Å². The number of methoxy groups -OCH3 is 1. The number of anilines is 2. The molecule has 0 atom stereocenters. The fourth-order valence-electron chi connectivity index (χ4n) is 5.29. The predicted molar refractivity (Wildman–Crippen MR) is 147 cm³/mol. The molecule has 0 saturated carbocycles. The van der Waals surface area contributed by atoms with Gasteiger partial charge in [0.05, 0.1) is 7.11 Å². The van der Waals surface area contributed by atoms with Crippen molar-refractivity contribution in [2.75, 3.05) is 37.0 Å². The first kappa shape index (κ1) is 25.3. The minimum Gasteiger partial charge on any atom is -0.453 e. The lowest BCUT2D eigenvalue weighted by atomic mass is 9.74. The second kappa shape index (κ2) is 10.2. The van der Waals surface area contributed by atoms with Crippen LogP contribution in [-0.4, -0.2) is 49.6 Å². The SMILES string of the molecule is COC(=O)Nc1cccc(C(=O)N2CC3(CCN(C(=O)c4cc(Cl)cc(Br)c4)CC3)c3ccccc32)c1. The molecular weight excluding hydrogens is 558 g/mol. The van der Waals surface area contributed by atoms with Crippen LogP contribution in [0.25, 0.3) is 0 Å². The summed E-state index contributed by atoms with van der Waals surface area (Å²) in [6.45, 7) is 1.69. The van der Waals surface area contributed by atoms with E-state index in [-0.39, 0.29) is 17.2 Å². The third kappa shape index (κ3) is 4.95. The van der Waals surface area contributed by atoms with Crippen LogP contribution in [0, 0.1) is 0 Å². The zero-order chi connectivity index (χ0) is 26.2. The Morgan fingerprint density at radius 2 is 1.70 bits per heavy atom. The van der Waals surface area contributed by atoms with Gasteiger partial charge in [-0.15, -0.1) is 0 Å². The van der Waals surface area contributed by atoms with Gasteiger partial charge in [-0.05, 0) is 60.9 Å². The van der Waals surface area contributed by atoms with Gasteiger partial charge in [0.25, 0.3) is 11.8 Å². The molecule has 2 heterocycles. The average molecular weight is 583 g/mol. The molecule has 0 unspecified atom stereocenters. The van der Waals surface area contributed by atoms with E-state index in [4.69, 9.17) is 11.6 Å². The third-order valence-electron chi connectivity index (χ3n) is 7.13. The Morgan fingerprint density at radius 3 is 2.43 bits per heavy atom. The summed E-state index contributed by atoms with van der Waals surface area (Å²) in [5, 5.41) is 3.12. The highest BCUT2D eigenvalue weighted by atomic mass is 79.9. The van der Waals surface area contributed by atoms with Gasteiger partial charge in [-0.3, -0.25) is 14.9 Å². The maximum atomic E-state index is 13.7. The lowest BCUT2D eigenvalue weighted by Crippen LogP contribution is -2.47. The van der Waals surface area contributed by atoms with Crippen LogP contribution in [0.5, 0.6) is 0 Å². The lowest BCUT2D eigenvalue weighted by molar-refractivity contribution is 0.0670. The maximum Gasteiger partial charge on any atom is 0.411 e. The van der Waals surface area contributed by atoms with E-state index in [0.29, 0.717) is 41.5 Å². The number of fused-ring (bicyclic) bond motifs is 2. The molecule has 1 fully saturated rings. The second-order valence-electron chi connectivity index (χ2n) is 9.34. The number of hydrogen-bond acceptors (Lipinski definition) is 4. The largest absolute Gasteiger partial charge is 0.453 e. The summed E-state index contributed by atoms with van der Waals surface area (Å²) in [6, 6.07) is 20.0. The Morgan fingerprint density at radius 1 is 0.946 bits per heavy atom. The van der Waals surface area contributed by atoms with E-state index < -0.39 is 6.09 Å². The molecule has 0 bridgehead atoms. The molecule has 2 aliphatic rings. The van der Waals surface area contributed by atoms with Crippen molar-refractivity contribution in [2.45, 2.75) is 18.3 Å². The maximum absolute atomic E-state index is 13.7. The molecule has 1 saturated heterocycles. The summed E-state index contributed by atoms with van der Waals surface area (Å²) >= 11 is 9.57. The van der Waals surface area contributed by atoms with Gasteiger partial charge in [0.1, 0.15) is 0 Å². The zero-order valence-corrected chi connectivity index (χ0v) is 22.5. The van der Waals surface area contributed by atoms with Gasteiger partial charge in [-0.25, -0.2) is 4.79 Å². The monoisotopic (exact) mass is 581 g/mol. The standard InChI is InChI=1S/C28H25BrClN3O4/c1-37-27(36)31-22-6-4-5-18(15-22)26(35)33-17-28(23-7-2-3-8-24(23)33)9-11-32(12-10-28)25(34)19-13-20(29)16-21(30)14-19/h2-8,13-16H,9-12,17H2,1H3,(H,31,36). The number of carbonyl (C=O) groups is 3. The number of ether oxygens (including phenoxy) is 1. The van der Waals surface area contributed by atoms with E-state index in [1.54, 1.807) is 42.5 Å². The number of nitrogens with zero attached hydrogens (tertiary/aromatic N) is 2. The van der Waals surface area contributed by atoms with Crippen LogP contribution in [0.1, 0.15) is 39.1 Å². The summed E-state index contributed by atoms with van der Waals surface area (Å²) in [7, 11) is 1.29. The number of para-hydroxylation sites is 1. The summed E-state index contributed by atoms with van der Waals surface area (Å²) in [5.74, 6) is -0.188. The summed E-state index contributed by atoms with van der Waals surface area (Å²) in [4.78, 5) is 42.1. The quantitative estimate of drug-likeness (QED) is 0.404. The van der Waals surface area contributed by atoms with Crippen molar-refractivity contribution in [2.24, 2.45) is 0 Å². The average Bonchev–Trinajstić information content (AvgIpc) is 3.21. The molecule has 9 heteroatoms. The summed E-state index contributed by atoms with van der Waals surface area (Å²) in [6.07, 6.45) is 0.887. The van der Waals surface area contributed by atoms with Crippen molar-refractivity contribution >= 4 is 56.8 Å². The lowest BCUT2D eigenvalue weighted by Gasteiger charge is -2.40. The van der Waals surface area contributed by atoms with Gasteiger partial charge in [-0.2, -0.15) is 0 Å². The van der Waals surface area contributed by atoms with Gasteiger partial charge in [0, 0.05) is 57.0 Å². The molecule has 5 rings (SSSR count). The number of nitrogens with one attached hydrogen (secondary N) is 1. The molecule has 37 heavy (non-hydrogen) atoms. The van der Waals surface area contributed by atoms with Gasteiger partial charge in [0.2, 0.25) is 0 Å². The molecule has 7 nitrogen and oxygen atoms in total. The van der Waals surface area contributed by atoms with E-state index in [0.717, 1.165) is 28.6 Å². The molecule has 3 aromatic carbocycles. The van der Waals surface area contributed by atoms with Crippen molar-refractivity contribution in [3.05, 3.63) is 92.9 Å². The van der Waals surface area contributed by atoms with Gasteiger partial charge in [-0.1, -0.05) is 51.8 Å². The Balaban J connectivity index is 1.36. The first-order valence-corrected chi connectivity index (χ1v) is 13.1. The van der Waals surface area contributed by atoms with Crippen molar-refractivity contribution in [3.8, 4) is 0 Å². The first-order chi connectivity index (χ1) is 17.8. The number of benzene rings is 3. The van der Waals surface area contributed by atoms with E-state index >= 15 is 0 Å². The van der Waals surface area contributed by atoms with Crippen molar-refractivity contribution in [3.63, 3.8) is 0 Å². The highest BCUT2D eigenvalue weighted by molar-refractivity contribution is 9.10. The third-order valence-corrected chi connectivity index (χ3v) is 7.81. The van der Waals surface area contributed by atoms with Crippen LogP contribution in [0.15, 0.2) is 71.2 Å². The molecule has 1 spiro atoms. The highest BCUT2D eigenvalue weighted by Gasteiger charge is 2.47. The number of rotatable bonds is 3. The van der Waals surface area contributed by atoms with E-state index in [9.17, 15) is 14.4 Å². The number of hydrogen-bond donors (Lipinski definition) is 1. The normalized spacial score (nSPS) is 15.9. The molecule has 2 aliphatic heterocycles. The highest BCUT2D eigenvalue weighted by Crippen LogP contribution is 2.47. The Bertz CT molecular complexity index is 1370. The smallest absolute Gasteiger partial charge is 0.411 e. The molecule has 0 radical (unpaired) electrons. The molecule has 3 amide bonds. The minimum absolute atomic E-state index is 0.0489. The number of likely N-dealkylation sites (tertiary alicyclic amines) is 1. The van der Waals surface area contributed by atoms with Gasteiger partial charge >= 0.3 is 6.09 Å². The van der Waals surface area contributed by atoms with Crippen molar-refractivity contribution < 1.29 is 19.1 Å². The molecular formula is C28H25BrClN3O4. The van der Waals surface area contributed by atoms with E-state index in [1.165, 1.54) is 7.11 Å². The van der Waals surface area contributed by atoms with Gasteiger partial charge < -0.3 is 14.5 Å². The molecule has 0 aliphatic carbocycles. The number of amides is 3. The Hall–Kier alpha value is -3.36. The summed E-state index contributed by atoms with van der Waals surface area (Å²) in [5.41, 5.74) is 3.29. The van der Waals surface area contributed by atoms with Crippen LogP contribution in [0.3, 0.4) is 0 Å². The second-order valence-corrected chi connectivity index (χ2v) is 10.7. The number of carbonyl (C=O) groups excluding carboxylic acids is 3. The fraction of sp³-hybridized carbons (Fsp3) is 0.250. The number of halogens is 2. The fourth-order valence-corrected chi connectivity index (χ4v) is 6.15. The summed E-state index contributed by atoms with van der Waals surface area (Å²) < 4.78 is 5.42. The van der Waals surface area contributed by atoms with Crippen molar-refractivity contribution in [1.82, 2.24) is 4.90 Å². The van der Waals surface area contributed by atoms with Crippen LogP contribution >= 0.6 is 27.5 Å². The zero-order valence-electron chi connectivity index (χ0n) is 20.2. The molecule has 1 N–H and O–H groups in total. The Kier molecular flexibility index (Phi) is 6.96. The van der Waals surface area contributed by atoms with Gasteiger partial charge in [0.15, 0.2) is 0 Å². The van der Waals surface area contributed by atoms with Crippen LogP contribution in [0.4, 0.5) is 16.2 Å². The predicted octanol–water partition coefficient (Wildman–Crippen LogP) is 6.12. The van der Waals surface area contributed by atoms with E-state index in [2.05, 4.69) is 32.0 Å². The molecule has 0 aromatic heterocycles. The Labute approximate surface area is 228 Å². The topological polar surface area (TPSA) is 79.0 Å². The van der Waals surface area contributed by atoms with Crippen LogP contribution in [0.2, 0.25) is 5.02 Å². The molecule has 190 valence electrons. The van der Waals surface area contributed by atoms with Crippen LogP contribution < -0.4 is 10.2 Å². The van der Waals surface area contributed by atoms with Crippen LogP contribution in [-0.2, 0) is 10.2 Å². The van der Waals surface area contributed by atoms with E-state index in [1.807, 2.05) is 28.0 Å². The minimum atomic E-state index is -0.596. The number of piperidine rings is 1. The first-order valence-electron chi connectivity index (χ1n) is 11.9.